The number of thiazole rings is 1. The van der Waals surface area contributed by atoms with Crippen LogP contribution in [0, 0.1) is 5.82 Å². The summed E-state index contributed by atoms with van der Waals surface area (Å²) in [6.07, 6.45) is 0.515. The Bertz CT molecular complexity index is 644. The fraction of sp³-hybridized carbons (Fsp3) is 0.333. The zero-order valence-corrected chi connectivity index (χ0v) is 12.4. The number of carboxylic acids is 1. The molecule has 0 aliphatic carbocycles. The van der Waals surface area contributed by atoms with Crippen molar-refractivity contribution in [3.63, 3.8) is 0 Å². The molecule has 0 aliphatic heterocycles. The monoisotopic (exact) mass is 293 g/mol. The van der Waals surface area contributed by atoms with Crippen LogP contribution in [-0.4, -0.2) is 16.1 Å². The molecule has 0 saturated heterocycles. The van der Waals surface area contributed by atoms with Gasteiger partial charge in [-0.15, -0.1) is 11.3 Å². The highest BCUT2D eigenvalue weighted by atomic mass is 32.1. The van der Waals surface area contributed by atoms with Crippen LogP contribution in [0.25, 0.3) is 0 Å². The van der Waals surface area contributed by atoms with Crippen LogP contribution >= 0.6 is 11.3 Å². The lowest BCUT2D eigenvalue weighted by molar-refractivity contribution is 0.0691. The van der Waals surface area contributed by atoms with Crippen LogP contribution in [0.15, 0.2) is 23.6 Å². The van der Waals surface area contributed by atoms with Crippen molar-refractivity contribution in [3.8, 4) is 0 Å². The van der Waals surface area contributed by atoms with Gasteiger partial charge in [-0.2, -0.15) is 0 Å². The van der Waals surface area contributed by atoms with Crippen molar-refractivity contribution in [3.05, 3.63) is 51.2 Å². The van der Waals surface area contributed by atoms with Crippen LogP contribution in [0.3, 0.4) is 0 Å². The van der Waals surface area contributed by atoms with Crippen molar-refractivity contribution in [2.45, 2.75) is 32.6 Å². The van der Waals surface area contributed by atoms with E-state index < -0.39 is 11.8 Å². The summed E-state index contributed by atoms with van der Waals surface area (Å²) in [6, 6.07) is 4.16. The molecule has 1 aromatic carbocycles. The van der Waals surface area contributed by atoms with Gasteiger partial charge < -0.3 is 5.11 Å². The third-order valence-corrected chi connectivity index (χ3v) is 3.79. The van der Waals surface area contributed by atoms with E-state index in [9.17, 15) is 9.18 Å². The minimum atomic E-state index is -1.25. The highest BCUT2D eigenvalue weighted by Gasteiger charge is 2.18. The molecule has 0 aliphatic rings. The highest BCUT2D eigenvalue weighted by Crippen LogP contribution is 2.25. The van der Waals surface area contributed by atoms with Gasteiger partial charge in [0.05, 0.1) is 16.3 Å². The van der Waals surface area contributed by atoms with E-state index in [2.05, 4.69) is 25.8 Å². The molecule has 0 saturated carbocycles. The van der Waals surface area contributed by atoms with E-state index in [4.69, 9.17) is 5.11 Å². The summed E-state index contributed by atoms with van der Waals surface area (Å²) >= 11 is 1.54. The molecule has 5 heteroatoms. The summed E-state index contributed by atoms with van der Waals surface area (Å²) in [4.78, 5) is 15.5. The lowest BCUT2D eigenvalue weighted by Gasteiger charge is -2.14. The standard InChI is InChI=1S/C15H16FNO2S/c1-15(2,3)12-8-20-13(17-12)7-9-4-5-11(16)10(6-9)14(18)19/h4-6,8H,7H2,1-3H3,(H,18,19). The van der Waals surface area contributed by atoms with Crippen molar-refractivity contribution in [1.82, 2.24) is 4.98 Å². The molecule has 0 radical (unpaired) electrons. The van der Waals surface area contributed by atoms with Gasteiger partial charge in [-0.25, -0.2) is 14.2 Å². The Kier molecular flexibility index (Phi) is 3.90. The van der Waals surface area contributed by atoms with Gasteiger partial charge in [-0.1, -0.05) is 26.8 Å². The van der Waals surface area contributed by atoms with Gasteiger partial charge in [0.15, 0.2) is 0 Å². The van der Waals surface area contributed by atoms with E-state index >= 15 is 0 Å². The molecule has 0 fully saturated rings. The Morgan fingerprint density at radius 3 is 2.65 bits per heavy atom. The summed E-state index contributed by atoms with van der Waals surface area (Å²) in [7, 11) is 0. The first-order valence-corrected chi connectivity index (χ1v) is 7.12. The summed E-state index contributed by atoms with van der Waals surface area (Å²) in [5, 5.41) is 11.8. The van der Waals surface area contributed by atoms with Gasteiger partial charge in [0.25, 0.3) is 0 Å². The van der Waals surface area contributed by atoms with Gasteiger partial charge in [-0.3, -0.25) is 0 Å². The first-order valence-electron chi connectivity index (χ1n) is 6.24. The van der Waals surface area contributed by atoms with Gasteiger partial charge in [0.2, 0.25) is 0 Å². The fourth-order valence-electron chi connectivity index (χ4n) is 1.76. The highest BCUT2D eigenvalue weighted by molar-refractivity contribution is 7.09. The van der Waals surface area contributed by atoms with Crippen molar-refractivity contribution in [2.75, 3.05) is 0 Å². The number of benzene rings is 1. The third kappa shape index (κ3) is 3.22. The second kappa shape index (κ2) is 5.32. The molecule has 0 spiro atoms. The topological polar surface area (TPSA) is 50.2 Å². The second-order valence-electron chi connectivity index (χ2n) is 5.67. The zero-order valence-electron chi connectivity index (χ0n) is 11.6. The lowest BCUT2D eigenvalue weighted by Crippen LogP contribution is -2.11. The first kappa shape index (κ1) is 14.7. The first-order chi connectivity index (χ1) is 9.27. The Balaban J connectivity index is 2.24. The van der Waals surface area contributed by atoms with Gasteiger partial charge in [-0.05, 0) is 17.7 Å². The SMILES string of the molecule is CC(C)(C)c1csc(Cc2ccc(F)c(C(=O)O)c2)n1. The van der Waals surface area contributed by atoms with Gasteiger partial charge in [0, 0.05) is 17.2 Å². The number of hydrogen-bond acceptors (Lipinski definition) is 3. The Hall–Kier alpha value is -1.75. The van der Waals surface area contributed by atoms with E-state index in [0.29, 0.717) is 6.42 Å². The van der Waals surface area contributed by atoms with Crippen molar-refractivity contribution in [1.29, 1.82) is 0 Å². The molecule has 0 amide bonds. The average molecular weight is 293 g/mol. The number of carbonyl (C=O) groups is 1. The number of halogens is 1. The molecular formula is C15H16FNO2S. The van der Waals surface area contributed by atoms with E-state index in [1.54, 1.807) is 6.07 Å². The molecular weight excluding hydrogens is 277 g/mol. The molecule has 0 atom stereocenters. The molecule has 20 heavy (non-hydrogen) atoms. The van der Waals surface area contributed by atoms with Crippen LogP contribution in [0.4, 0.5) is 4.39 Å². The Morgan fingerprint density at radius 1 is 1.40 bits per heavy atom. The number of aromatic carboxylic acids is 1. The van der Waals surface area contributed by atoms with Crippen LogP contribution in [0.2, 0.25) is 0 Å². The van der Waals surface area contributed by atoms with Gasteiger partial charge in [0.1, 0.15) is 5.82 Å². The maximum absolute atomic E-state index is 13.3. The van der Waals surface area contributed by atoms with Crippen molar-refractivity contribution >= 4 is 17.3 Å². The minimum absolute atomic E-state index is 0.0101. The number of rotatable bonds is 3. The molecule has 0 unspecified atom stereocenters. The predicted molar refractivity (Wildman–Crippen MR) is 77.0 cm³/mol. The molecule has 2 rings (SSSR count). The van der Waals surface area contributed by atoms with Gasteiger partial charge >= 0.3 is 5.97 Å². The minimum Gasteiger partial charge on any atom is -0.478 e. The maximum atomic E-state index is 13.3. The van der Waals surface area contributed by atoms with Crippen LogP contribution < -0.4 is 0 Å². The number of hydrogen-bond donors (Lipinski definition) is 1. The third-order valence-electron chi connectivity index (χ3n) is 2.94. The quantitative estimate of drug-likeness (QED) is 0.934. The van der Waals surface area contributed by atoms with E-state index in [1.165, 1.54) is 23.5 Å². The predicted octanol–water partition coefficient (Wildman–Crippen LogP) is 3.87. The molecule has 1 heterocycles. The zero-order chi connectivity index (χ0) is 14.9. The summed E-state index contributed by atoms with van der Waals surface area (Å²) < 4.78 is 13.3. The number of nitrogens with zero attached hydrogens (tertiary/aromatic N) is 1. The molecule has 2 aromatic rings. The number of aromatic nitrogens is 1. The molecule has 0 bridgehead atoms. The van der Waals surface area contributed by atoms with E-state index in [-0.39, 0.29) is 11.0 Å². The Morgan fingerprint density at radius 2 is 2.10 bits per heavy atom. The van der Waals surface area contributed by atoms with Crippen LogP contribution in [0.5, 0.6) is 0 Å². The molecule has 1 aromatic heterocycles. The van der Waals surface area contributed by atoms with Crippen LogP contribution in [-0.2, 0) is 11.8 Å². The van der Waals surface area contributed by atoms with Crippen LogP contribution in [0.1, 0.15) is 47.4 Å². The normalized spacial score (nSPS) is 11.6. The van der Waals surface area contributed by atoms with Crippen molar-refractivity contribution in [2.24, 2.45) is 0 Å². The smallest absolute Gasteiger partial charge is 0.338 e. The summed E-state index contributed by atoms with van der Waals surface area (Å²) in [5.74, 6) is -1.96. The maximum Gasteiger partial charge on any atom is 0.338 e. The summed E-state index contributed by atoms with van der Waals surface area (Å²) in [5.41, 5.74) is 1.45. The molecule has 106 valence electrons. The largest absolute Gasteiger partial charge is 0.478 e. The molecule has 3 nitrogen and oxygen atoms in total. The lowest BCUT2D eigenvalue weighted by atomic mass is 9.93. The van der Waals surface area contributed by atoms with Crippen molar-refractivity contribution < 1.29 is 14.3 Å². The fourth-order valence-corrected chi connectivity index (χ4v) is 2.81. The Labute approximate surface area is 121 Å². The second-order valence-corrected chi connectivity index (χ2v) is 6.62. The van der Waals surface area contributed by atoms with E-state index in [1.807, 2.05) is 5.38 Å². The van der Waals surface area contributed by atoms with E-state index in [0.717, 1.165) is 16.3 Å². The average Bonchev–Trinajstić information content (AvgIpc) is 2.79. The number of carboxylic acid groups (broad SMARTS) is 1. The molecule has 1 N–H and O–H groups in total. The summed E-state index contributed by atoms with van der Waals surface area (Å²) in [6.45, 7) is 6.27.